The molecule has 0 aliphatic rings. The first-order valence-corrected chi connectivity index (χ1v) is 7.39. The van der Waals surface area contributed by atoms with Crippen LogP contribution in [-0.2, 0) is 6.54 Å². The summed E-state index contributed by atoms with van der Waals surface area (Å²) in [5.74, 6) is 0.723. The van der Waals surface area contributed by atoms with Gasteiger partial charge in [0, 0.05) is 30.8 Å². The Morgan fingerprint density at radius 2 is 1.46 bits per heavy atom. The number of carbonyl (C=O) groups is 2. The average molecular weight is 328 g/mol. The van der Waals surface area contributed by atoms with E-state index in [9.17, 15) is 9.59 Å². The van der Waals surface area contributed by atoms with E-state index in [4.69, 9.17) is 9.47 Å². The average Bonchev–Trinajstić information content (AvgIpc) is 2.65. The number of ether oxygens (including phenoxy) is 2. The van der Waals surface area contributed by atoms with E-state index in [1.165, 1.54) is 14.2 Å². The highest BCUT2D eigenvalue weighted by molar-refractivity contribution is 5.95. The van der Waals surface area contributed by atoms with Gasteiger partial charge in [-0.3, -0.25) is 9.59 Å². The molecule has 0 fully saturated rings. The van der Waals surface area contributed by atoms with Gasteiger partial charge in [-0.2, -0.15) is 0 Å². The fourth-order valence-electron chi connectivity index (χ4n) is 2.14. The third-order valence-electron chi connectivity index (χ3n) is 3.51. The van der Waals surface area contributed by atoms with Crippen molar-refractivity contribution in [2.75, 3.05) is 21.3 Å². The lowest BCUT2D eigenvalue weighted by molar-refractivity contribution is 0.0945. The predicted octanol–water partition coefficient (Wildman–Crippen LogP) is 1.99. The molecule has 0 spiro atoms. The minimum atomic E-state index is -0.234. The summed E-state index contributed by atoms with van der Waals surface area (Å²) < 4.78 is 10.3. The smallest absolute Gasteiger partial charge is 0.251 e. The van der Waals surface area contributed by atoms with Crippen LogP contribution in [0.4, 0.5) is 0 Å². The Morgan fingerprint density at radius 3 is 1.96 bits per heavy atom. The molecule has 6 nitrogen and oxygen atoms in total. The minimum absolute atomic E-state index is 0.144. The molecule has 0 aromatic heterocycles. The number of amides is 2. The van der Waals surface area contributed by atoms with Gasteiger partial charge in [-0.25, -0.2) is 0 Å². The molecule has 0 heterocycles. The van der Waals surface area contributed by atoms with E-state index in [0.29, 0.717) is 29.2 Å². The van der Waals surface area contributed by atoms with Gasteiger partial charge < -0.3 is 20.1 Å². The molecule has 2 amide bonds. The summed E-state index contributed by atoms with van der Waals surface area (Å²) in [6.45, 7) is 0.354. The molecule has 2 N–H and O–H groups in total. The maximum Gasteiger partial charge on any atom is 0.251 e. The van der Waals surface area contributed by atoms with Gasteiger partial charge in [0.15, 0.2) is 0 Å². The number of nitrogens with one attached hydrogen (secondary N) is 2. The van der Waals surface area contributed by atoms with E-state index < -0.39 is 0 Å². The fraction of sp³-hybridized carbons (Fsp3) is 0.222. The Kier molecular flexibility index (Phi) is 5.78. The monoisotopic (exact) mass is 328 g/mol. The van der Waals surface area contributed by atoms with E-state index in [1.807, 2.05) is 0 Å². The van der Waals surface area contributed by atoms with Gasteiger partial charge in [0.25, 0.3) is 11.8 Å². The van der Waals surface area contributed by atoms with E-state index in [-0.39, 0.29) is 11.8 Å². The fourth-order valence-corrected chi connectivity index (χ4v) is 2.14. The number of benzene rings is 2. The van der Waals surface area contributed by atoms with Crippen LogP contribution in [0.5, 0.6) is 11.5 Å². The Balaban J connectivity index is 2.04. The Labute approximate surface area is 140 Å². The third kappa shape index (κ3) is 4.25. The van der Waals surface area contributed by atoms with Crippen molar-refractivity contribution < 1.29 is 19.1 Å². The van der Waals surface area contributed by atoms with Crippen molar-refractivity contribution in [1.29, 1.82) is 0 Å². The molecule has 0 unspecified atom stereocenters. The molecular formula is C18H20N2O4. The summed E-state index contributed by atoms with van der Waals surface area (Å²) in [6, 6.07) is 12.0. The Hall–Kier alpha value is -3.02. The van der Waals surface area contributed by atoms with Crippen LogP contribution in [0.25, 0.3) is 0 Å². The number of hydrogen-bond acceptors (Lipinski definition) is 4. The molecule has 0 radical (unpaired) electrons. The van der Waals surface area contributed by atoms with Gasteiger partial charge in [-0.15, -0.1) is 0 Å². The summed E-state index contributed by atoms with van der Waals surface area (Å²) in [5, 5.41) is 5.39. The van der Waals surface area contributed by atoms with Gasteiger partial charge in [-0.05, 0) is 29.8 Å². The largest absolute Gasteiger partial charge is 0.497 e. The van der Waals surface area contributed by atoms with Crippen LogP contribution >= 0.6 is 0 Å². The SMILES string of the molecule is CNC(=O)c1ccc(CNC(=O)c2cc(OC)cc(OC)c2)cc1. The normalized spacial score (nSPS) is 9.96. The second kappa shape index (κ2) is 8.01. The number of rotatable bonds is 6. The van der Waals surface area contributed by atoms with Gasteiger partial charge in [0.1, 0.15) is 11.5 Å². The van der Waals surface area contributed by atoms with E-state index in [1.54, 1.807) is 49.5 Å². The van der Waals surface area contributed by atoms with Crippen molar-refractivity contribution in [3.05, 3.63) is 59.2 Å². The molecule has 24 heavy (non-hydrogen) atoms. The zero-order chi connectivity index (χ0) is 17.5. The lowest BCUT2D eigenvalue weighted by Gasteiger charge is -2.09. The molecule has 2 aromatic rings. The first-order valence-electron chi connectivity index (χ1n) is 7.39. The molecule has 0 aliphatic heterocycles. The van der Waals surface area contributed by atoms with Crippen molar-refractivity contribution in [2.45, 2.75) is 6.54 Å². The van der Waals surface area contributed by atoms with Gasteiger partial charge in [0.05, 0.1) is 14.2 Å². The molecule has 0 atom stereocenters. The summed E-state index contributed by atoms with van der Waals surface area (Å²) in [7, 11) is 4.65. The summed E-state index contributed by atoms with van der Waals surface area (Å²) in [6.07, 6.45) is 0. The van der Waals surface area contributed by atoms with Crippen LogP contribution < -0.4 is 20.1 Å². The van der Waals surface area contributed by atoms with Gasteiger partial charge >= 0.3 is 0 Å². The number of carbonyl (C=O) groups excluding carboxylic acids is 2. The van der Waals surface area contributed by atoms with Crippen molar-refractivity contribution >= 4 is 11.8 Å². The number of hydrogen-bond donors (Lipinski definition) is 2. The molecule has 2 aromatic carbocycles. The zero-order valence-electron chi connectivity index (χ0n) is 13.9. The van der Waals surface area contributed by atoms with Crippen molar-refractivity contribution in [3.8, 4) is 11.5 Å². The first-order chi connectivity index (χ1) is 11.6. The quantitative estimate of drug-likeness (QED) is 0.850. The molecule has 126 valence electrons. The zero-order valence-corrected chi connectivity index (χ0v) is 13.9. The van der Waals surface area contributed by atoms with Crippen molar-refractivity contribution in [2.24, 2.45) is 0 Å². The summed E-state index contributed by atoms with van der Waals surface area (Å²) in [4.78, 5) is 23.8. The topological polar surface area (TPSA) is 76.7 Å². The van der Waals surface area contributed by atoms with Crippen LogP contribution in [0.15, 0.2) is 42.5 Å². The highest BCUT2D eigenvalue weighted by atomic mass is 16.5. The molecule has 0 saturated heterocycles. The Morgan fingerprint density at radius 1 is 0.875 bits per heavy atom. The lowest BCUT2D eigenvalue weighted by Crippen LogP contribution is -2.23. The second-order valence-electron chi connectivity index (χ2n) is 5.06. The minimum Gasteiger partial charge on any atom is -0.497 e. The highest BCUT2D eigenvalue weighted by Crippen LogP contribution is 2.22. The van der Waals surface area contributed by atoms with Crippen LogP contribution in [0.1, 0.15) is 26.3 Å². The van der Waals surface area contributed by atoms with Gasteiger partial charge in [0.2, 0.25) is 0 Å². The van der Waals surface area contributed by atoms with E-state index in [2.05, 4.69) is 10.6 Å². The number of methoxy groups -OCH3 is 2. The molecule has 2 rings (SSSR count). The maximum atomic E-state index is 12.3. The molecule has 0 saturated carbocycles. The highest BCUT2D eigenvalue weighted by Gasteiger charge is 2.10. The standard InChI is InChI=1S/C18H20N2O4/c1-19-17(21)13-6-4-12(5-7-13)11-20-18(22)14-8-15(23-2)10-16(9-14)24-3/h4-10H,11H2,1-3H3,(H,19,21)(H,20,22). The summed E-state index contributed by atoms with van der Waals surface area (Å²) in [5.41, 5.74) is 1.92. The van der Waals surface area contributed by atoms with Crippen LogP contribution in [-0.4, -0.2) is 33.1 Å². The van der Waals surface area contributed by atoms with Crippen LogP contribution in [0, 0.1) is 0 Å². The predicted molar refractivity (Wildman–Crippen MR) is 90.5 cm³/mol. The van der Waals surface area contributed by atoms with E-state index >= 15 is 0 Å². The molecule has 0 aliphatic carbocycles. The maximum absolute atomic E-state index is 12.3. The van der Waals surface area contributed by atoms with Crippen LogP contribution in [0.2, 0.25) is 0 Å². The lowest BCUT2D eigenvalue weighted by atomic mass is 10.1. The van der Waals surface area contributed by atoms with Crippen molar-refractivity contribution in [1.82, 2.24) is 10.6 Å². The molecule has 0 bridgehead atoms. The third-order valence-corrected chi connectivity index (χ3v) is 3.51. The van der Waals surface area contributed by atoms with E-state index in [0.717, 1.165) is 5.56 Å². The Bertz CT molecular complexity index is 704. The summed E-state index contributed by atoms with van der Waals surface area (Å²) >= 11 is 0. The second-order valence-corrected chi connectivity index (χ2v) is 5.06. The molecular weight excluding hydrogens is 308 g/mol. The van der Waals surface area contributed by atoms with Gasteiger partial charge in [-0.1, -0.05) is 12.1 Å². The van der Waals surface area contributed by atoms with Crippen LogP contribution in [0.3, 0.4) is 0 Å². The van der Waals surface area contributed by atoms with Crippen molar-refractivity contribution in [3.63, 3.8) is 0 Å². The molecule has 6 heteroatoms. The first kappa shape index (κ1) is 17.3.